The summed E-state index contributed by atoms with van der Waals surface area (Å²) in [4.78, 5) is 11.2. The lowest BCUT2D eigenvalue weighted by Crippen LogP contribution is -2.36. The first-order valence-electron chi connectivity index (χ1n) is 4.30. The van der Waals surface area contributed by atoms with Crippen LogP contribution < -0.4 is 5.32 Å². The van der Waals surface area contributed by atoms with Crippen LogP contribution in [-0.2, 0) is 4.79 Å². The molecule has 0 aromatic heterocycles. The molecule has 0 aliphatic rings. The molecule has 2 unspecified atom stereocenters. The first kappa shape index (κ1) is 12.3. The van der Waals surface area contributed by atoms with Gasteiger partial charge in [-0.1, -0.05) is 0 Å². The number of amides is 1. The SMILES string of the molecule is CSCCC(C)NC(=O)C(C)C#N. The number of carbonyl (C=O) groups is 1. The summed E-state index contributed by atoms with van der Waals surface area (Å²) in [6.45, 7) is 3.56. The largest absolute Gasteiger partial charge is 0.352 e. The molecule has 0 aliphatic carbocycles. The van der Waals surface area contributed by atoms with Gasteiger partial charge in [-0.2, -0.15) is 17.0 Å². The smallest absolute Gasteiger partial charge is 0.237 e. The lowest BCUT2D eigenvalue weighted by Gasteiger charge is -2.13. The van der Waals surface area contributed by atoms with Crippen LogP contribution in [0.1, 0.15) is 20.3 Å². The van der Waals surface area contributed by atoms with Crippen molar-refractivity contribution in [2.45, 2.75) is 26.3 Å². The van der Waals surface area contributed by atoms with Crippen molar-refractivity contribution < 1.29 is 4.79 Å². The van der Waals surface area contributed by atoms with Crippen LogP contribution in [0, 0.1) is 17.2 Å². The summed E-state index contributed by atoms with van der Waals surface area (Å²) >= 11 is 1.75. The highest BCUT2D eigenvalue weighted by molar-refractivity contribution is 7.98. The van der Waals surface area contributed by atoms with Gasteiger partial charge >= 0.3 is 0 Å². The Bertz CT molecular complexity index is 200. The van der Waals surface area contributed by atoms with Gasteiger partial charge in [0.2, 0.25) is 5.91 Å². The molecule has 3 nitrogen and oxygen atoms in total. The van der Waals surface area contributed by atoms with E-state index in [0.717, 1.165) is 12.2 Å². The van der Waals surface area contributed by atoms with Crippen molar-refractivity contribution in [2.24, 2.45) is 5.92 Å². The van der Waals surface area contributed by atoms with E-state index in [4.69, 9.17) is 5.26 Å². The van der Waals surface area contributed by atoms with Gasteiger partial charge in [-0.15, -0.1) is 0 Å². The van der Waals surface area contributed by atoms with Gasteiger partial charge in [0.15, 0.2) is 0 Å². The molecule has 1 amide bonds. The Morgan fingerprint density at radius 3 is 2.69 bits per heavy atom. The molecule has 0 bridgehead atoms. The van der Waals surface area contributed by atoms with E-state index in [0.29, 0.717) is 0 Å². The quantitative estimate of drug-likeness (QED) is 0.730. The first-order valence-corrected chi connectivity index (χ1v) is 5.70. The summed E-state index contributed by atoms with van der Waals surface area (Å²) in [6.07, 6.45) is 2.98. The number of nitrogens with zero attached hydrogens (tertiary/aromatic N) is 1. The fourth-order valence-corrected chi connectivity index (χ4v) is 1.38. The second kappa shape index (κ2) is 6.79. The van der Waals surface area contributed by atoms with Gasteiger partial charge in [-0.05, 0) is 32.3 Å². The molecule has 0 fully saturated rings. The molecule has 0 saturated heterocycles. The third kappa shape index (κ3) is 5.53. The number of rotatable bonds is 5. The predicted molar refractivity (Wildman–Crippen MR) is 55.4 cm³/mol. The van der Waals surface area contributed by atoms with Crippen LogP contribution in [-0.4, -0.2) is 24.0 Å². The molecule has 0 aromatic rings. The summed E-state index contributed by atoms with van der Waals surface area (Å²) in [7, 11) is 0. The van der Waals surface area contributed by atoms with Gasteiger partial charge in [0, 0.05) is 6.04 Å². The average Bonchev–Trinajstić information content (AvgIpc) is 2.13. The normalized spacial score (nSPS) is 14.3. The van der Waals surface area contributed by atoms with E-state index < -0.39 is 5.92 Å². The van der Waals surface area contributed by atoms with Crippen molar-refractivity contribution in [2.75, 3.05) is 12.0 Å². The van der Waals surface area contributed by atoms with Crippen molar-refractivity contribution in [3.63, 3.8) is 0 Å². The highest BCUT2D eigenvalue weighted by Gasteiger charge is 2.13. The second-order valence-corrected chi connectivity index (χ2v) is 4.03. The zero-order valence-electron chi connectivity index (χ0n) is 8.33. The molecule has 4 heteroatoms. The standard InChI is InChI=1S/C9H16N2OS/c1-7(6-10)9(12)11-8(2)4-5-13-3/h7-8H,4-5H2,1-3H3,(H,11,12). The van der Waals surface area contributed by atoms with Gasteiger partial charge in [0.05, 0.1) is 6.07 Å². The van der Waals surface area contributed by atoms with Gasteiger partial charge in [-0.3, -0.25) is 4.79 Å². The van der Waals surface area contributed by atoms with Gasteiger partial charge < -0.3 is 5.32 Å². The Labute approximate surface area is 83.9 Å². The number of carbonyl (C=O) groups excluding carboxylic acids is 1. The van der Waals surface area contributed by atoms with Gasteiger partial charge in [-0.25, -0.2) is 0 Å². The Morgan fingerprint density at radius 2 is 2.23 bits per heavy atom. The molecular weight excluding hydrogens is 184 g/mol. The number of nitrogens with one attached hydrogen (secondary N) is 1. The van der Waals surface area contributed by atoms with E-state index in [1.54, 1.807) is 18.7 Å². The average molecular weight is 200 g/mol. The molecule has 0 saturated carbocycles. The molecule has 0 aromatic carbocycles. The molecule has 0 radical (unpaired) electrons. The van der Waals surface area contributed by atoms with E-state index in [1.165, 1.54) is 0 Å². The maximum absolute atomic E-state index is 11.2. The van der Waals surface area contributed by atoms with Crippen LogP contribution in [0.25, 0.3) is 0 Å². The summed E-state index contributed by atoms with van der Waals surface area (Å²) in [5.41, 5.74) is 0. The van der Waals surface area contributed by atoms with Crippen LogP contribution in [0.4, 0.5) is 0 Å². The minimum Gasteiger partial charge on any atom is -0.352 e. The second-order valence-electron chi connectivity index (χ2n) is 3.04. The van der Waals surface area contributed by atoms with Gasteiger partial charge in [0.1, 0.15) is 5.92 Å². The molecule has 2 atom stereocenters. The first-order chi connectivity index (χ1) is 6.11. The Kier molecular flexibility index (Phi) is 6.43. The van der Waals surface area contributed by atoms with Crippen LogP contribution in [0.15, 0.2) is 0 Å². The Hall–Kier alpha value is -0.690. The summed E-state index contributed by atoms with van der Waals surface area (Å²) < 4.78 is 0. The molecule has 1 N–H and O–H groups in total. The van der Waals surface area contributed by atoms with E-state index in [-0.39, 0.29) is 11.9 Å². The van der Waals surface area contributed by atoms with Crippen LogP contribution in [0.2, 0.25) is 0 Å². The van der Waals surface area contributed by atoms with Crippen molar-refractivity contribution in [3.8, 4) is 6.07 Å². The Balaban J connectivity index is 3.72. The molecule has 0 spiro atoms. The summed E-state index contributed by atoms with van der Waals surface area (Å²) in [6, 6.07) is 2.07. The maximum atomic E-state index is 11.2. The minimum atomic E-state index is -0.545. The van der Waals surface area contributed by atoms with E-state index in [2.05, 4.69) is 5.32 Å². The fourth-order valence-electron chi connectivity index (χ4n) is 0.793. The number of hydrogen-bond acceptors (Lipinski definition) is 3. The lowest BCUT2D eigenvalue weighted by molar-refractivity contribution is -0.123. The minimum absolute atomic E-state index is 0.163. The monoisotopic (exact) mass is 200 g/mol. The summed E-state index contributed by atoms with van der Waals surface area (Å²) in [5.74, 6) is 0.315. The fraction of sp³-hybridized carbons (Fsp3) is 0.778. The van der Waals surface area contributed by atoms with E-state index in [1.807, 2.05) is 19.2 Å². The summed E-state index contributed by atoms with van der Waals surface area (Å²) in [5, 5.41) is 11.3. The highest BCUT2D eigenvalue weighted by atomic mass is 32.2. The zero-order chi connectivity index (χ0) is 10.3. The van der Waals surface area contributed by atoms with Crippen molar-refractivity contribution in [1.82, 2.24) is 5.32 Å². The maximum Gasteiger partial charge on any atom is 0.237 e. The molecule has 74 valence electrons. The Morgan fingerprint density at radius 1 is 1.62 bits per heavy atom. The molecule has 0 heterocycles. The predicted octanol–water partition coefficient (Wildman–Crippen LogP) is 1.40. The van der Waals surface area contributed by atoms with Gasteiger partial charge in [0.25, 0.3) is 0 Å². The molecule has 0 aliphatic heterocycles. The lowest BCUT2D eigenvalue weighted by atomic mass is 10.1. The zero-order valence-corrected chi connectivity index (χ0v) is 9.15. The number of thioether (sulfide) groups is 1. The molecule has 13 heavy (non-hydrogen) atoms. The topological polar surface area (TPSA) is 52.9 Å². The third-order valence-electron chi connectivity index (χ3n) is 1.73. The van der Waals surface area contributed by atoms with Crippen LogP contribution in [0.3, 0.4) is 0 Å². The van der Waals surface area contributed by atoms with Crippen molar-refractivity contribution in [3.05, 3.63) is 0 Å². The van der Waals surface area contributed by atoms with E-state index >= 15 is 0 Å². The molecular formula is C9H16N2OS. The van der Waals surface area contributed by atoms with Crippen molar-refractivity contribution >= 4 is 17.7 Å². The van der Waals surface area contributed by atoms with Crippen molar-refractivity contribution in [1.29, 1.82) is 5.26 Å². The highest BCUT2D eigenvalue weighted by Crippen LogP contribution is 2.01. The van der Waals surface area contributed by atoms with Crippen LogP contribution in [0.5, 0.6) is 0 Å². The van der Waals surface area contributed by atoms with E-state index in [9.17, 15) is 4.79 Å². The third-order valence-corrected chi connectivity index (χ3v) is 2.37. The van der Waals surface area contributed by atoms with Crippen LogP contribution >= 0.6 is 11.8 Å². The number of hydrogen-bond donors (Lipinski definition) is 1. The molecule has 0 rings (SSSR count). The number of nitriles is 1.